The van der Waals surface area contributed by atoms with E-state index in [1.165, 1.54) is 13.2 Å². The summed E-state index contributed by atoms with van der Waals surface area (Å²) in [7, 11) is 1.37. The number of hydrogen-bond donors (Lipinski definition) is 0. The zero-order chi connectivity index (χ0) is 8.10. The molecule has 0 aromatic heterocycles. The van der Waals surface area contributed by atoms with Crippen LogP contribution in [-0.4, -0.2) is 25.8 Å². The third-order valence-electron chi connectivity index (χ3n) is 1.65. The smallest absolute Gasteiger partial charge is 0.330 e. The van der Waals surface area contributed by atoms with E-state index in [4.69, 9.17) is 4.74 Å². The van der Waals surface area contributed by atoms with Gasteiger partial charge in [0, 0.05) is 12.7 Å². The average Bonchev–Trinajstić information content (AvgIpc) is 1.94. The van der Waals surface area contributed by atoms with Gasteiger partial charge in [-0.25, -0.2) is 4.79 Å². The maximum Gasteiger partial charge on any atom is 0.330 e. The van der Waals surface area contributed by atoms with Gasteiger partial charge in [-0.1, -0.05) is 6.08 Å². The van der Waals surface area contributed by atoms with E-state index < -0.39 is 0 Å². The summed E-state index contributed by atoms with van der Waals surface area (Å²) >= 11 is 0. The van der Waals surface area contributed by atoms with E-state index in [1.807, 2.05) is 0 Å². The van der Waals surface area contributed by atoms with Gasteiger partial charge < -0.3 is 9.47 Å². The van der Waals surface area contributed by atoms with E-state index in [2.05, 4.69) is 4.74 Å². The van der Waals surface area contributed by atoms with Gasteiger partial charge in [-0.05, 0) is 12.8 Å². The lowest BCUT2D eigenvalue weighted by Crippen LogP contribution is -2.25. The first kappa shape index (κ1) is 8.27. The Kier molecular flexibility index (Phi) is 3.11. The molecule has 0 aromatic carbocycles. The zero-order valence-corrected chi connectivity index (χ0v) is 6.58. The fourth-order valence-electron chi connectivity index (χ4n) is 0.854. The van der Waals surface area contributed by atoms with Crippen LogP contribution >= 0.6 is 0 Å². The predicted octanol–water partition coefficient (Wildman–Crippen LogP) is 0.895. The van der Waals surface area contributed by atoms with Crippen molar-refractivity contribution in [2.24, 2.45) is 0 Å². The number of carbonyl (C=O) groups is 1. The quantitative estimate of drug-likeness (QED) is 0.449. The van der Waals surface area contributed by atoms with Crippen LogP contribution in [0.25, 0.3) is 0 Å². The molecular formula is C8H12O3. The van der Waals surface area contributed by atoms with E-state index in [1.54, 1.807) is 6.08 Å². The Morgan fingerprint density at radius 3 is 3.00 bits per heavy atom. The van der Waals surface area contributed by atoms with E-state index in [0.717, 1.165) is 19.4 Å². The first-order valence-corrected chi connectivity index (χ1v) is 3.69. The van der Waals surface area contributed by atoms with Gasteiger partial charge in [-0.2, -0.15) is 0 Å². The van der Waals surface area contributed by atoms with Crippen molar-refractivity contribution >= 4 is 5.97 Å². The van der Waals surface area contributed by atoms with Crippen molar-refractivity contribution in [2.75, 3.05) is 13.7 Å². The summed E-state index contributed by atoms with van der Waals surface area (Å²) in [6.07, 6.45) is 5.47. The summed E-state index contributed by atoms with van der Waals surface area (Å²) in [5, 5.41) is 0. The van der Waals surface area contributed by atoms with Gasteiger partial charge in [0.1, 0.15) is 0 Å². The molecule has 0 bridgehead atoms. The molecule has 0 aromatic rings. The predicted molar refractivity (Wildman–Crippen MR) is 40.1 cm³/mol. The van der Waals surface area contributed by atoms with Crippen molar-refractivity contribution in [1.29, 1.82) is 0 Å². The summed E-state index contributed by atoms with van der Waals surface area (Å²) in [4.78, 5) is 10.5. The molecule has 0 saturated carbocycles. The third kappa shape index (κ3) is 2.72. The van der Waals surface area contributed by atoms with Crippen molar-refractivity contribution in [1.82, 2.24) is 0 Å². The second-order valence-corrected chi connectivity index (χ2v) is 2.44. The van der Waals surface area contributed by atoms with Crippen LogP contribution < -0.4 is 0 Å². The fraction of sp³-hybridized carbons (Fsp3) is 0.625. The number of carbonyl (C=O) groups excluding carboxylic acids is 1. The molecule has 1 aliphatic heterocycles. The molecule has 1 atom stereocenters. The lowest BCUT2D eigenvalue weighted by Gasteiger charge is -2.24. The Morgan fingerprint density at radius 2 is 2.55 bits per heavy atom. The molecule has 3 nitrogen and oxygen atoms in total. The van der Waals surface area contributed by atoms with Crippen LogP contribution in [0.3, 0.4) is 0 Å². The average molecular weight is 156 g/mol. The van der Waals surface area contributed by atoms with Crippen LogP contribution in [0.1, 0.15) is 12.8 Å². The Labute approximate surface area is 66.0 Å². The van der Waals surface area contributed by atoms with Gasteiger partial charge in [0.2, 0.25) is 0 Å². The van der Waals surface area contributed by atoms with Gasteiger partial charge in [0.15, 0.2) is 0 Å². The van der Waals surface area contributed by atoms with E-state index in [9.17, 15) is 4.79 Å². The van der Waals surface area contributed by atoms with Crippen LogP contribution in [0, 0.1) is 0 Å². The molecule has 0 spiro atoms. The Morgan fingerprint density at radius 1 is 1.82 bits per heavy atom. The van der Waals surface area contributed by atoms with E-state index in [0.29, 0.717) is 6.10 Å². The van der Waals surface area contributed by atoms with E-state index >= 15 is 0 Å². The van der Waals surface area contributed by atoms with Crippen LogP contribution in [0.2, 0.25) is 0 Å². The van der Waals surface area contributed by atoms with Gasteiger partial charge in [-0.15, -0.1) is 0 Å². The number of hydrogen-bond acceptors (Lipinski definition) is 3. The monoisotopic (exact) mass is 156 g/mol. The van der Waals surface area contributed by atoms with Gasteiger partial charge >= 0.3 is 5.97 Å². The van der Waals surface area contributed by atoms with Crippen molar-refractivity contribution in [3.8, 4) is 0 Å². The highest BCUT2D eigenvalue weighted by molar-refractivity contribution is 5.81. The Balaban J connectivity index is 2.09. The zero-order valence-electron chi connectivity index (χ0n) is 6.58. The van der Waals surface area contributed by atoms with Gasteiger partial charge in [0.05, 0.1) is 13.2 Å². The maximum absolute atomic E-state index is 10.5. The second-order valence-electron chi connectivity index (χ2n) is 2.44. The largest absolute Gasteiger partial charge is 0.466 e. The molecule has 0 radical (unpaired) electrons. The molecule has 1 fully saturated rings. The molecule has 1 unspecified atom stereocenters. The fourth-order valence-corrected chi connectivity index (χ4v) is 0.854. The molecule has 62 valence electrons. The summed E-state index contributed by atoms with van der Waals surface area (Å²) in [6.45, 7) is 0.858. The molecule has 0 amide bonds. The molecule has 1 rings (SSSR count). The summed E-state index contributed by atoms with van der Waals surface area (Å²) in [5.41, 5.74) is 0. The first-order valence-electron chi connectivity index (χ1n) is 3.69. The standard InChI is InChI=1S/C8H12O3/c1-10-8(9)4-2-3-7-5-6-11-7/h2,4,7H,3,5-6H2,1H3. The van der Waals surface area contributed by atoms with Crippen molar-refractivity contribution in [3.05, 3.63) is 12.2 Å². The highest BCUT2D eigenvalue weighted by Gasteiger charge is 2.15. The summed E-state index contributed by atoms with van der Waals surface area (Å²) in [5.74, 6) is -0.302. The number of methoxy groups -OCH3 is 1. The summed E-state index contributed by atoms with van der Waals surface area (Å²) < 4.78 is 9.56. The minimum Gasteiger partial charge on any atom is -0.466 e. The lowest BCUT2D eigenvalue weighted by atomic mass is 10.1. The third-order valence-corrected chi connectivity index (χ3v) is 1.65. The lowest BCUT2D eigenvalue weighted by molar-refractivity contribution is -0.134. The Bertz CT molecular complexity index is 159. The van der Waals surface area contributed by atoms with Crippen LogP contribution in [0.4, 0.5) is 0 Å². The molecular weight excluding hydrogens is 144 g/mol. The molecule has 0 aliphatic carbocycles. The number of esters is 1. The van der Waals surface area contributed by atoms with Crippen molar-refractivity contribution in [3.63, 3.8) is 0 Å². The molecule has 11 heavy (non-hydrogen) atoms. The van der Waals surface area contributed by atoms with Crippen molar-refractivity contribution in [2.45, 2.75) is 18.9 Å². The summed E-state index contributed by atoms with van der Waals surface area (Å²) in [6, 6.07) is 0. The number of ether oxygens (including phenoxy) is 2. The first-order chi connectivity index (χ1) is 5.33. The molecule has 1 saturated heterocycles. The number of rotatable bonds is 3. The van der Waals surface area contributed by atoms with Gasteiger partial charge in [-0.3, -0.25) is 0 Å². The topological polar surface area (TPSA) is 35.5 Å². The normalized spacial score (nSPS) is 23.2. The SMILES string of the molecule is COC(=O)C=CCC1CCO1. The highest BCUT2D eigenvalue weighted by atomic mass is 16.5. The Hall–Kier alpha value is -0.830. The minimum absolute atomic E-state index is 0.302. The molecule has 3 heteroatoms. The van der Waals surface area contributed by atoms with Crippen molar-refractivity contribution < 1.29 is 14.3 Å². The highest BCUT2D eigenvalue weighted by Crippen LogP contribution is 2.14. The second kappa shape index (κ2) is 4.13. The van der Waals surface area contributed by atoms with Crippen LogP contribution in [-0.2, 0) is 14.3 Å². The minimum atomic E-state index is -0.302. The van der Waals surface area contributed by atoms with Gasteiger partial charge in [0.25, 0.3) is 0 Å². The maximum atomic E-state index is 10.5. The van der Waals surface area contributed by atoms with E-state index in [-0.39, 0.29) is 5.97 Å². The molecule has 1 heterocycles. The van der Waals surface area contributed by atoms with Crippen LogP contribution in [0.5, 0.6) is 0 Å². The molecule has 1 aliphatic rings. The van der Waals surface area contributed by atoms with Crippen LogP contribution in [0.15, 0.2) is 12.2 Å². The molecule has 0 N–H and O–H groups in total.